The van der Waals surface area contributed by atoms with Crippen molar-refractivity contribution >= 4 is 15.8 Å². The quantitative estimate of drug-likeness (QED) is 0.146. The van der Waals surface area contributed by atoms with Crippen LogP contribution in [0.3, 0.4) is 0 Å². The van der Waals surface area contributed by atoms with Crippen molar-refractivity contribution in [2.75, 3.05) is 26.1 Å². The van der Waals surface area contributed by atoms with E-state index in [0.29, 0.717) is 24.5 Å². The summed E-state index contributed by atoms with van der Waals surface area (Å²) in [4.78, 5) is 12.3. The van der Waals surface area contributed by atoms with E-state index < -0.39 is 15.3 Å². The van der Waals surface area contributed by atoms with E-state index in [0.717, 1.165) is 49.7 Å². The Hall–Kier alpha value is -2.04. The lowest BCUT2D eigenvalue weighted by Crippen LogP contribution is -2.39. The monoisotopic (exact) mass is 632 g/mol. The van der Waals surface area contributed by atoms with E-state index in [1.807, 2.05) is 26.8 Å². The van der Waals surface area contributed by atoms with Crippen LogP contribution in [0.4, 0.5) is 0 Å². The summed E-state index contributed by atoms with van der Waals surface area (Å²) in [6, 6.07) is 8.56. The van der Waals surface area contributed by atoms with Crippen LogP contribution in [0.5, 0.6) is 0 Å². The normalized spacial score (nSPS) is 31.4. The summed E-state index contributed by atoms with van der Waals surface area (Å²) in [6.45, 7) is 17.2. The first kappa shape index (κ1) is 34.8. The lowest BCUT2D eigenvalue weighted by Gasteiger charge is -2.38. The van der Waals surface area contributed by atoms with Gasteiger partial charge in [-0.25, -0.2) is 8.42 Å². The van der Waals surface area contributed by atoms with Gasteiger partial charge in [-0.05, 0) is 88.5 Å². The first-order chi connectivity index (χ1) is 20.8. The van der Waals surface area contributed by atoms with Crippen molar-refractivity contribution in [3.8, 4) is 0 Å². The lowest BCUT2D eigenvalue weighted by molar-refractivity contribution is -0.153. The van der Waals surface area contributed by atoms with Crippen molar-refractivity contribution in [3.05, 3.63) is 54.6 Å². The maximum Gasteiger partial charge on any atom is 0.311 e. The van der Waals surface area contributed by atoms with Crippen molar-refractivity contribution in [1.82, 2.24) is 0 Å². The SMILES string of the molecule is C=C1C[C@H](CCCOC(=O)C(C)(C)C)O[C@H]1CC[C@H]1C[C@@H](C)C(=C)[C@@H](CC2OCC(OC)C2CS(=O)(=O)c2ccccc2)O1. The topological polar surface area (TPSA) is 97.4 Å². The molecule has 0 amide bonds. The van der Waals surface area contributed by atoms with E-state index in [2.05, 4.69) is 20.1 Å². The summed E-state index contributed by atoms with van der Waals surface area (Å²) in [5.74, 6) is -0.247. The lowest BCUT2D eigenvalue weighted by atomic mass is 9.83. The molecule has 0 aliphatic carbocycles. The number of hydrogen-bond acceptors (Lipinski definition) is 8. The molecular formula is C35H52O8S. The number of ether oxygens (including phenoxy) is 5. The molecule has 3 aliphatic rings. The van der Waals surface area contributed by atoms with Crippen molar-refractivity contribution in [2.45, 2.75) is 114 Å². The van der Waals surface area contributed by atoms with Gasteiger partial charge in [-0.3, -0.25) is 4.79 Å². The van der Waals surface area contributed by atoms with Gasteiger partial charge < -0.3 is 23.7 Å². The fourth-order valence-electron chi connectivity index (χ4n) is 6.50. The molecule has 246 valence electrons. The molecule has 1 aromatic rings. The predicted octanol–water partition coefficient (Wildman–Crippen LogP) is 6.09. The Morgan fingerprint density at radius 1 is 1.02 bits per heavy atom. The second-order valence-electron chi connectivity index (χ2n) is 13.8. The summed E-state index contributed by atoms with van der Waals surface area (Å²) in [5.41, 5.74) is 1.65. The van der Waals surface area contributed by atoms with Crippen LogP contribution in [0, 0.1) is 17.3 Å². The number of carbonyl (C=O) groups excluding carboxylic acids is 1. The van der Waals surface area contributed by atoms with Crippen LogP contribution < -0.4 is 0 Å². The zero-order chi connectivity index (χ0) is 32.1. The van der Waals surface area contributed by atoms with Crippen molar-refractivity contribution in [3.63, 3.8) is 0 Å². The zero-order valence-electron chi connectivity index (χ0n) is 27.2. The van der Waals surface area contributed by atoms with Crippen molar-refractivity contribution in [2.24, 2.45) is 17.3 Å². The molecule has 0 saturated carbocycles. The van der Waals surface area contributed by atoms with Crippen LogP contribution in [0.15, 0.2) is 59.5 Å². The Kier molecular flexibility index (Phi) is 11.9. The van der Waals surface area contributed by atoms with Crippen LogP contribution in [-0.2, 0) is 38.3 Å². The predicted molar refractivity (Wildman–Crippen MR) is 170 cm³/mol. The Morgan fingerprint density at radius 2 is 1.73 bits per heavy atom. The van der Waals surface area contributed by atoms with Gasteiger partial charge in [0.15, 0.2) is 9.84 Å². The van der Waals surface area contributed by atoms with Crippen LogP contribution in [0.2, 0.25) is 0 Å². The molecule has 0 spiro atoms. The molecule has 9 heteroatoms. The molecule has 0 bridgehead atoms. The fraction of sp³-hybridized carbons (Fsp3) is 0.686. The minimum atomic E-state index is -3.51. The smallest absolute Gasteiger partial charge is 0.311 e. The molecular weight excluding hydrogens is 580 g/mol. The number of methoxy groups -OCH3 is 1. The number of carbonyl (C=O) groups is 1. The first-order valence-corrected chi connectivity index (χ1v) is 17.7. The molecule has 44 heavy (non-hydrogen) atoms. The molecule has 3 saturated heterocycles. The first-order valence-electron chi connectivity index (χ1n) is 16.0. The number of hydrogen-bond donors (Lipinski definition) is 0. The van der Waals surface area contributed by atoms with Crippen LogP contribution in [0.25, 0.3) is 0 Å². The van der Waals surface area contributed by atoms with Crippen LogP contribution in [0.1, 0.15) is 72.6 Å². The van der Waals surface area contributed by atoms with E-state index in [9.17, 15) is 13.2 Å². The number of benzene rings is 1. The minimum Gasteiger partial charge on any atom is -0.465 e. The van der Waals surface area contributed by atoms with Gasteiger partial charge in [-0.1, -0.05) is 38.3 Å². The van der Waals surface area contributed by atoms with Gasteiger partial charge in [-0.2, -0.15) is 0 Å². The summed E-state index contributed by atoms with van der Waals surface area (Å²) in [6.07, 6.45) is 4.81. The Bertz CT molecular complexity index is 1240. The maximum absolute atomic E-state index is 13.3. The van der Waals surface area contributed by atoms with Gasteiger partial charge in [-0.15, -0.1) is 0 Å². The highest BCUT2D eigenvalue weighted by Crippen LogP contribution is 2.38. The fourth-order valence-corrected chi connectivity index (χ4v) is 8.20. The number of sulfone groups is 1. The standard InChI is InChI=1S/C35H52O8S/c1-23-18-27(15-16-30-24(2)19-26(42-30)12-11-17-40-34(36)35(4,5)6)43-31(25(23)3)20-32-29(33(39-7)21-41-32)22-44(37,38)28-13-9-8-10-14-28/h8-10,13-14,23,26-27,29-33H,2-3,11-12,15-22H2,1,4-7H3/t23-,26+,27+,29?,30+,31-,32?,33?/m1/s1. The summed E-state index contributed by atoms with van der Waals surface area (Å²) in [5, 5.41) is 0. The van der Waals surface area contributed by atoms with Gasteiger partial charge in [0, 0.05) is 19.4 Å². The average Bonchev–Trinajstić information content (AvgIpc) is 3.53. The molecule has 0 radical (unpaired) electrons. The van der Waals surface area contributed by atoms with Gasteiger partial charge in [0.2, 0.25) is 0 Å². The average molecular weight is 633 g/mol. The molecule has 3 fully saturated rings. The highest BCUT2D eigenvalue weighted by Gasteiger charge is 2.43. The van der Waals surface area contributed by atoms with Crippen LogP contribution >= 0.6 is 0 Å². The zero-order valence-corrected chi connectivity index (χ0v) is 28.0. The molecule has 3 unspecified atom stereocenters. The van der Waals surface area contributed by atoms with Crippen molar-refractivity contribution < 1.29 is 36.9 Å². The van der Waals surface area contributed by atoms with Gasteiger partial charge in [0.05, 0.1) is 65.9 Å². The number of esters is 1. The minimum absolute atomic E-state index is 0.00666. The van der Waals surface area contributed by atoms with E-state index in [-0.39, 0.29) is 60.2 Å². The van der Waals surface area contributed by atoms with Gasteiger partial charge >= 0.3 is 5.97 Å². The maximum atomic E-state index is 13.3. The third-order valence-electron chi connectivity index (χ3n) is 9.28. The highest BCUT2D eigenvalue weighted by atomic mass is 32.2. The van der Waals surface area contributed by atoms with Crippen molar-refractivity contribution in [1.29, 1.82) is 0 Å². The molecule has 8 nitrogen and oxygen atoms in total. The number of rotatable bonds is 13. The van der Waals surface area contributed by atoms with E-state index in [4.69, 9.17) is 23.7 Å². The second-order valence-corrected chi connectivity index (χ2v) is 15.8. The van der Waals surface area contributed by atoms with Crippen LogP contribution in [-0.4, -0.2) is 77.1 Å². The van der Waals surface area contributed by atoms with E-state index in [1.165, 1.54) is 0 Å². The van der Waals surface area contributed by atoms with E-state index in [1.54, 1.807) is 31.4 Å². The Labute approximate surface area is 264 Å². The molecule has 1 aromatic carbocycles. The summed E-state index contributed by atoms with van der Waals surface area (Å²) >= 11 is 0. The van der Waals surface area contributed by atoms with E-state index >= 15 is 0 Å². The van der Waals surface area contributed by atoms with Gasteiger partial charge in [0.25, 0.3) is 0 Å². The highest BCUT2D eigenvalue weighted by molar-refractivity contribution is 7.91. The second kappa shape index (κ2) is 15.0. The summed E-state index contributed by atoms with van der Waals surface area (Å²) < 4.78 is 56.7. The molecule has 3 heterocycles. The third kappa shape index (κ3) is 9.03. The Balaban J connectivity index is 1.28. The summed E-state index contributed by atoms with van der Waals surface area (Å²) in [7, 11) is -1.90. The molecule has 8 atom stereocenters. The molecule has 0 N–H and O–H groups in total. The molecule has 4 rings (SSSR count). The molecule has 3 aliphatic heterocycles. The van der Waals surface area contributed by atoms with Gasteiger partial charge in [0.1, 0.15) is 0 Å². The Morgan fingerprint density at radius 3 is 2.41 bits per heavy atom. The molecule has 0 aromatic heterocycles. The largest absolute Gasteiger partial charge is 0.465 e. The third-order valence-corrected chi connectivity index (χ3v) is 11.1.